The molecule has 0 atom stereocenters. The Labute approximate surface area is 270 Å². The Kier molecular flexibility index (Phi) is 3.44. The van der Waals surface area contributed by atoms with Crippen LogP contribution in [0.4, 0.5) is 0 Å². The van der Waals surface area contributed by atoms with Crippen LogP contribution in [0.2, 0.25) is 0 Å². The van der Waals surface area contributed by atoms with Gasteiger partial charge >= 0.3 is 0 Å². The van der Waals surface area contributed by atoms with Crippen molar-refractivity contribution in [1.29, 1.82) is 0 Å². The van der Waals surface area contributed by atoms with Crippen LogP contribution in [0.15, 0.2) is 156 Å². The van der Waals surface area contributed by atoms with Crippen LogP contribution in [0, 0.1) is 0 Å². The normalized spacial score (nSPS) is 15.5. The van der Waals surface area contributed by atoms with Gasteiger partial charge in [0, 0.05) is 43.9 Å². The smallest absolute Gasteiger partial charge is 0.160 e. The molecule has 0 amide bonds. The summed E-state index contributed by atoms with van der Waals surface area (Å²) in [6.07, 6.45) is 0. The van der Waals surface area contributed by atoms with E-state index in [9.17, 15) is 4.11 Å². The Morgan fingerprint density at radius 1 is 0.568 bits per heavy atom. The van der Waals surface area contributed by atoms with Crippen molar-refractivity contribution in [1.82, 2.24) is 14.5 Å². The number of para-hydroxylation sites is 3. The number of fused-ring (bicyclic) bond motifs is 6. The van der Waals surface area contributed by atoms with Gasteiger partial charge in [0.25, 0.3) is 0 Å². The fourth-order valence-electron chi connectivity index (χ4n) is 5.65. The van der Waals surface area contributed by atoms with Crippen molar-refractivity contribution in [2.24, 2.45) is 0 Å². The monoisotopic (exact) mass is 575 g/mol. The van der Waals surface area contributed by atoms with Crippen LogP contribution in [-0.4, -0.2) is 14.5 Å². The molecule has 0 saturated heterocycles. The van der Waals surface area contributed by atoms with Crippen molar-refractivity contribution in [3.05, 3.63) is 151 Å². The average Bonchev–Trinajstić information content (AvgIpc) is 3.77. The van der Waals surface area contributed by atoms with E-state index in [4.69, 9.17) is 26.7 Å². The molecule has 0 bridgehead atoms. The predicted octanol–water partition coefficient (Wildman–Crippen LogP) is 10.5. The Morgan fingerprint density at radius 2 is 1.32 bits per heavy atom. The number of benzene rings is 6. The number of aromatic nitrogens is 3. The van der Waals surface area contributed by atoms with Gasteiger partial charge in [-0.25, -0.2) is 9.97 Å². The van der Waals surface area contributed by atoms with Gasteiger partial charge in [-0.15, -0.1) is 0 Å². The summed E-state index contributed by atoms with van der Waals surface area (Å²) in [5.41, 5.74) is 2.16. The van der Waals surface area contributed by atoms with Crippen LogP contribution in [-0.2, 0) is 0 Å². The van der Waals surface area contributed by atoms with Gasteiger partial charge in [0.15, 0.2) is 5.82 Å². The van der Waals surface area contributed by atoms with Gasteiger partial charge in [-0.2, -0.15) is 0 Å². The fourth-order valence-corrected chi connectivity index (χ4v) is 5.65. The summed E-state index contributed by atoms with van der Waals surface area (Å²) in [6.45, 7) is 0. The molecule has 0 aliphatic carbocycles. The molecule has 0 spiro atoms. The van der Waals surface area contributed by atoms with Crippen molar-refractivity contribution in [2.45, 2.75) is 0 Å². The van der Waals surface area contributed by atoms with Crippen LogP contribution in [0.1, 0.15) is 16.4 Å². The SMILES string of the molecule is [2H]c1c([2H])c([2H])c(-n2c3c([2H])c([2H])c([2H])c([2H])c3c3c([2H])c(-c4nc(-c5ccccc5)cc(-c5cccc6oc7ccccc7c56)n4)c([2H])c([2H])c32)c([2H])c1[2H]. The standard InChI is InChI=1S/C40H25N3O/c1-3-12-26(13-4-1)33-25-34(30-18-11-21-38-39(30)31-17-8-10-20-37(31)44-38)42-40(41-33)27-22-23-36-32(24-27)29-16-7-9-19-35(29)43(36)28-14-5-2-6-15-28/h1-25H/i2D,5D,6D,7D,9D,14D,15D,16D,19D,22D,23D,24D. The van der Waals surface area contributed by atoms with Crippen LogP contribution < -0.4 is 0 Å². The van der Waals surface area contributed by atoms with E-state index in [1.54, 1.807) is 6.07 Å². The number of nitrogens with zero attached hydrogens (tertiary/aromatic N) is 3. The van der Waals surface area contributed by atoms with Gasteiger partial charge in [0.2, 0.25) is 0 Å². The first kappa shape index (κ1) is 15.5. The van der Waals surface area contributed by atoms with E-state index in [2.05, 4.69) is 0 Å². The quantitative estimate of drug-likeness (QED) is 0.210. The van der Waals surface area contributed by atoms with E-state index < -0.39 is 78.2 Å². The molecule has 6 aromatic carbocycles. The lowest BCUT2D eigenvalue weighted by Crippen LogP contribution is -1.96. The Morgan fingerprint density at radius 3 is 2.23 bits per heavy atom. The molecule has 3 heterocycles. The Bertz CT molecular complexity index is 3150. The first-order valence-electron chi connectivity index (χ1n) is 19.8. The third-order valence-corrected chi connectivity index (χ3v) is 7.57. The first-order valence-corrected chi connectivity index (χ1v) is 13.8. The molecule has 0 fully saturated rings. The molecular formula is C40H25N3O. The van der Waals surface area contributed by atoms with Crippen LogP contribution in [0.3, 0.4) is 0 Å². The van der Waals surface area contributed by atoms with Crippen molar-refractivity contribution < 1.29 is 20.9 Å². The summed E-state index contributed by atoms with van der Waals surface area (Å²) in [5.74, 6) is -0.110. The topological polar surface area (TPSA) is 43.9 Å². The number of rotatable bonds is 4. The minimum atomic E-state index is -0.712. The minimum absolute atomic E-state index is 0.110. The minimum Gasteiger partial charge on any atom is -0.456 e. The summed E-state index contributed by atoms with van der Waals surface area (Å²) in [7, 11) is 0. The summed E-state index contributed by atoms with van der Waals surface area (Å²) in [6, 6.07) is 16.5. The highest BCUT2D eigenvalue weighted by atomic mass is 16.3. The molecule has 0 N–H and O–H groups in total. The molecule has 0 unspecified atom stereocenters. The molecule has 9 rings (SSSR count). The second-order valence-electron chi connectivity index (χ2n) is 10.1. The number of hydrogen-bond acceptors (Lipinski definition) is 3. The zero-order chi connectivity index (χ0) is 39.5. The van der Waals surface area contributed by atoms with Gasteiger partial charge in [0.1, 0.15) is 11.2 Å². The van der Waals surface area contributed by atoms with E-state index in [1.807, 2.05) is 72.8 Å². The third kappa shape index (κ3) is 3.85. The summed E-state index contributed by atoms with van der Waals surface area (Å²) in [4.78, 5) is 9.75. The Hall–Kier alpha value is -6.00. The van der Waals surface area contributed by atoms with E-state index in [1.165, 1.54) is 0 Å². The molecule has 3 aromatic heterocycles. The lowest BCUT2D eigenvalue weighted by atomic mass is 10.0. The maximum absolute atomic E-state index is 9.69. The zero-order valence-electron chi connectivity index (χ0n) is 34.8. The van der Waals surface area contributed by atoms with E-state index in [0.29, 0.717) is 33.7 Å². The second kappa shape index (κ2) is 9.79. The van der Waals surface area contributed by atoms with Crippen molar-refractivity contribution in [3.63, 3.8) is 0 Å². The van der Waals surface area contributed by atoms with E-state index in [-0.39, 0.29) is 33.2 Å². The Balaban J connectivity index is 1.44. The molecule has 4 nitrogen and oxygen atoms in total. The van der Waals surface area contributed by atoms with Crippen LogP contribution in [0.25, 0.3) is 83.3 Å². The lowest BCUT2D eigenvalue weighted by Gasteiger charge is -2.11. The molecule has 0 radical (unpaired) electrons. The molecule has 206 valence electrons. The lowest BCUT2D eigenvalue weighted by molar-refractivity contribution is 0.669. The first-order chi connectivity index (χ1) is 26.8. The maximum Gasteiger partial charge on any atom is 0.160 e. The molecule has 4 heteroatoms. The summed E-state index contributed by atoms with van der Waals surface area (Å²) in [5, 5.41) is 1.18. The van der Waals surface area contributed by atoms with Crippen LogP contribution >= 0.6 is 0 Å². The van der Waals surface area contributed by atoms with E-state index in [0.717, 1.165) is 15.3 Å². The third-order valence-electron chi connectivity index (χ3n) is 7.57. The molecule has 9 aromatic rings. The predicted molar refractivity (Wildman–Crippen MR) is 180 cm³/mol. The van der Waals surface area contributed by atoms with Gasteiger partial charge in [-0.1, -0.05) is 96.9 Å². The van der Waals surface area contributed by atoms with Crippen molar-refractivity contribution >= 4 is 43.7 Å². The highest BCUT2D eigenvalue weighted by molar-refractivity contribution is 6.12. The van der Waals surface area contributed by atoms with E-state index >= 15 is 0 Å². The molecule has 44 heavy (non-hydrogen) atoms. The van der Waals surface area contributed by atoms with Crippen molar-refractivity contribution in [3.8, 4) is 39.6 Å². The molecule has 0 aliphatic rings. The van der Waals surface area contributed by atoms with Gasteiger partial charge in [-0.05, 0) is 54.5 Å². The summed E-state index contributed by atoms with van der Waals surface area (Å²) < 4.78 is 113. The summed E-state index contributed by atoms with van der Waals surface area (Å²) >= 11 is 0. The second-order valence-corrected chi connectivity index (χ2v) is 10.1. The number of furan rings is 1. The molecule has 0 aliphatic heterocycles. The van der Waals surface area contributed by atoms with Crippen LogP contribution in [0.5, 0.6) is 0 Å². The number of hydrogen-bond donors (Lipinski definition) is 0. The van der Waals surface area contributed by atoms with Crippen molar-refractivity contribution in [2.75, 3.05) is 0 Å². The molecule has 0 saturated carbocycles. The van der Waals surface area contributed by atoms with Gasteiger partial charge < -0.3 is 8.98 Å². The maximum atomic E-state index is 9.69. The molecular weight excluding hydrogens is 538 g/mol. The van der Waals surface area contributed by atoms with Gasteiger partial charge in [0.05, 0.1) is 38.9 Å². The highest BCUT2D eigenvalue weighted by Gasteiger charge is 2.18. The highest BCUT2D eigenvalue weighted by Crippen LogP contribution is 2.39. The fraction of sp³-hybridized carbons (Fsp3) is 0. The average molecular weight is 576 g/mol. The zero-order valence-corrected chi connectivity index (χ0v) is 22.8. The van der Waals surface area contributed by atoms with Gasteiger partial charge in [-0.3, -0.25) is 0 Å². The largest absolute Gasteiger partial charge is 0.456 e.